The van der Waals surface area contributed by atoms with Crippen LogP contribution in [-0.2, 0) is 9.47 Å². The van der Waals surface area contributed by atoms with E-state index in [0.29, 0.717) is 13.2 Å². The molecular formula is C10H22O3. The maximum Gasteiger partial charge on any atom is 0.0700 e. The van der Waals surface area contributed by atoms with E-state index in [9.17, 15) is 5.11 Å². The summed E-state index contributed by atoms with van der Waals surface area (Å²) in [7, 11) is 0. The zero-order valence-corrected chi connectivity index (χ0v) is 8.79. The van der Waals surface area contributed by atoms with Gasteiger partial charge in [0.25, 0.3) is 0 Å². The first-order valence-corrected chi connectivity index (χ1v) is 5.14. The Morgan fingerprint density at radius 1 is 1.08 bits per heavy atom. The lowest BCUT2D eigenvalue weighted by Crippen LogP contribution is -2.08. The second-order valence-electron chi connectivity index (χ2n) is 3.01. The van der Waals surface area contributed by atoms with Crippen molar-refractivity contribution in [2.75, 3.05) is 26.4 Å². The Labute approximate surface area is 81.0 Å². The molecule has 0 aliphatic carbocycles. The molecule has 0 fully saturated rings. The molecule has 0 aromatic carbocycles. The van der Waals surface area contributed by atoms with Crippen molar-refractivity contribution in [3.63, 3.8) is 0 Å². The van der Waals surface area contributed by atoms with Crippen molar-refractivity contribution < 1.29 is 14.6 Å². The predicted molar refractivity (Wildman–Crippen MR) is 52.8 cm³/mol. The Morgan fingerprint density at radius 2 is 1.77 bits per heavy atom. The van der Waals surface area contributed by atoms with Gasteiger partial charge in [0.2, 0.25) is 0 Å². The lowest BCUT2D eigenvalue weighted by molar-refractivity contribution is 0.0465. The van der Waals surface area contributed by atoms with E-state index < -0.39 is 0 Å². The number of ether oxygens (including phenoxy) is 2. The third kappa shape index (κ3) is 9.80. The van der Waals surface area contributed by atoms with Crippen LogP contribution in [0.15, 0.2) is 0 Å². The fourth-order valence-corrected chi connectivity index (χ4v) is 0.989. The zero-order chi connectivity index (χ0) is 9.94. The standard InChI is InChI=1S/C10H22O3/c1-3-10(11)6-5-7-13-9-8-12-4-2/h10-11H,3-9H2,1-2H3. The predicted octanol–water partition coefficient (Wildman–Crippen LogP) is 1.59. The summed E-state index contributed by atoms with van der Waals surface area (Å²) in [4.78, 5) is 0. The van der Waals surface area contributed by atoms with Crippen molar-refractivity contribution in [1.82, 2.24) is 0 Å². The van der Waals surface area contributed by atoms with E-state index in [1.165, 1.54) is 0 Å². The fourth-order valence-electron chi connectivity index (χ4n) is 0.989. The van der Waals surface area contributed by atoms with Gasteiger partial charge in [-0.2, -0.15) is 0 Å². The van der Waals surface area contributed by atoms with Crippen LogP contribution < -0.4 is 0 Å². The van der Waals surface area contributed by atoms with Gasteiger partial charge in [-0.05, 0) is 26.2 Å². The zero-order valence-electron chi connectivity index (χ0n) is 8.79. The summed E-state index contributed by atoms with van der Waals surface area (Å²) in [6.07, 6.45) is 2.45. The van der Waals surface area contributed by atoms with E-state index in [0.717, 1.165) is 32.5 Å². The third-order valence-electron chi connectivity index (χ3n) is 1.87. The van der Waals surface area contributed by atoms with Crippen LogP contribution in [0.3, 0.4) is 0 Å². The fraction of sp³-hybridized carbons (Fsp3) is 1.00. The van der Waals surface area contributed by atoms with Crippen molar-refractivity contribution in [2.45, 2.75) is 39.2 Å². The molecule has 0 spiro atoms. The summed E-state index contributed by atoms with van der Waals surface area (Å²) in [6.45, 7) is 6.77. The minimum Gasteiger partial charge on any atom is -0.393 e. The van der Waals surface area contributed by atoms with Crippen LogP contribution in [0.2, 0.25) is 0 Å². The first-order chi connectivity index (χ1) is 6.31. The Balaban J connectivity index is 2.91. The third-order valence-corrected chi connectivity index (χ3v) is 1.87. The van der Waals surface area contributed by atoms with E-state index in [2.05, 4.69) is 0 Å². The van der Waals surface area contributed by atoms with Crippen molar-refractivity contribution >= 4 is 0 Å². The highest BCUT2D eigenvalue weighted by molar-refractivity contribution is 4.51. The molecule has 0 saturated heterocycles. The van der Waals surface area contributed by atoms with Crippen LogP contribution in [-0.4, -0.2) is 37.6 Å². The number of hydrogen-bond acceptors (Lipinski definition) is 3. The second-order valence-corrected chi connectivity index (χ2v) is 3.01. The van der Waals surface area contributed by atoms with Gasteiger partial charge >= 0.3 is 0 Å². The van der Waals surface area contributed by atoms with Gasteiger partial charge < -0.3 is 14.6 Å². The van der Waals surface area contributed by atoms with Crippen LogP contribution in [0.1, 0.15) is 33.1 Å². The topological polar surface area (TPSA) is 38.7 Å². The van der Waals surface area contributed by atoms with Gasteiger partial charge in [-0.1, -0.05) is 6.92 Å². The van der Waals surface area contributed by atoms with E-state index in [1.54, 1.807) is 0 Å². The largest absolute Gasteiger partial charge is 0.393 e. The molecule has 3 nitrogen and oxygen atoms in total. The molecule has 1 N–H and O–H groups in total. The van der Waals surface area contributed by atoms with Crippen LogP contribution in [0.5, 0.6) is 0 Å². The van der Waals surface area contributed by atoms with Crippen LogP contribution in [0, 0.1) is 0 Å². The second kappa shape index (κ2) is 9.96. The molecule has 13 heavy (non-hydrogen) atoms. The van der Waals surface area contributed by atoms with Crippen molar-refractivity contribution in [1.29, 1.82) is 0 Å². The lowest BCUT2D eigenvalue weighted by Gasteiger charge is -2.07. The Bertz CT molecular complexity index is 96.2. The van der Waals surface area contributed by atoms with Gasteiger partial charge in [-0.15, -0.1) is 0 Å². The maximum absolute atomic E-state index is 9.22. The summed E-state index contributed by atoms with van der Waals surface area (Å²) >= 11 is 0. The highest BCUT2D eigenvalue weighted by Crippen LogP contribution is 2.00. The van der Waals surface area contributed by atoms with Gasteiger partial charge in [-0.25, -0.2) is 0 Å². The molecule has 0 amide bonds. The first-order valence-electron chi connectivity index (χ1n) is 5.14. The monoisotopic (exact) mass is 190 g/mol. The van der Waals surface area contributed by atoms with E-state index >= 15 is 0 Å². The average molecular weight is 190 g/mol. The van der Waals surface area contributed by atoms with Gasteiger partial charge in [0, 0.05) is 13.2 Å². The van der Waals surface area contributed by atoms with Crippen LogP contribution >= 0.6 is 0 Å². The van der Waals surface area contributed by atoms with E-state index in [4.69, 9.17) is 9.47 Å². The molecule has 0 heterocycles. The molecule has 0 aliphatic heterocycles. The Hall–Kier alpha value is -0.120. The molecule has 1 atom stereocenters. The summed E-state index contributed by atoms with van der Waals surface area (Å²) < 4.78 is 10.4. The number of rotatable bonds is 9. The molecule has 3 heteroatoms. The molecule has 0 radical (unpaired) electrons. The summed E-state index contributed by atoms with van der Waals surface area (Å²) in [5, 5.41) is 9.22. The van der Waals surface area contributed by atoms with Gasteiger partial charge in [-0.3, -0.25) is 0 Å². The minimum atomic E-state index is -0.157. The molecule has 0 aromatic rings. The molecule has 0 rings (SSSR count). The Morgan fingerprint density at radius 3 is 2.38 bits per heavy atom. The van der Waals surface area contributed by atoms with Crippen LogP contribution in [0.4, 0.5) is 0 Å². The highest BCUT2D eigenvalue weighted by atomic mass is 16.5. The van der Waals surface area contributed by atoms with Crippen molar-refractivity contribution in [3.8, 4) is 0 Å². The highest BCUT2D eigenvalue weighted by Gasteiger charge is 1.99. The molecule has 1 unspecified atom stereocenters. The van der Waals surface area contributed by atoms with E-state index in [1.807, 2.05) is 13.8 Å². The van der Waals surface area contributed by atoms with Crippen molar-refractivity contribution in [3.05, 3.63) is 0 Å². The molecule has 0 aliphatic rings. The smallest absolute Gasteiger partial charge is 0.0700 e. The lowest BCUT2D eigenvalue weighted by atomic mass is 10.2. The summed E-state index contributed by atoms with van der Waals surface area (Å²) in [5.41, 5.74) is 0. The average Bonchev–Trinajstić information content (AvgIpc) is 2.16. The molecule has 0 bridgehead atoms. The van der Waals surface area contributed by atoms with Crippen molar-refractivity contribution in [2.24, 2.45) is 0 Å². The van der Waals surface area contributed by atoms with Crippen LogP contribution in [0.25, 0.3) is 0 Å². The number of aliphatic hydroxyl groups excluding tert-OH is 1. The number of hydrogen-bond donors (Lipinski definition) is 1. The molecule has 80 valence electrons. The Kier molecular flexibility index (Phi) is 9.87. The summed E-state index contributed by atoms with van der Waals surface area (Å²) in [5.74, 6) is 0. The normalized spacial score (nSPS) is 13.2. The van der Waals surface area contributed by atoms with Gasteiger partial charge in [0.15, 0.2) is 0 Å². The molecule has 0 saturated carbocycles. The SMILES string of the molecule is CCOCCOCCCC(O)CC. The molecular weight excluding hydrogens is 168 g/mol. The van der Waals surface area contributed by atoms with Gasteiger partial charge in [0.05, 0.1) is 19.3 Å². The number of aliphatic hydroxyl groups is 1. The van der Waals surface area contributed by atoms with E-state index in [-0.39, 0.29) is 6.10 Å². The molecule has 0 aromatic heterocycles. The van der Waals surface area contributed by atoms with Gasteiger partial charge in [0.1, 0.15) is 0 Å². The maximum atomic E-state index is 9.22. The summed E-state index contributed by atoms with van der Waals surface area (Å²) in [6, 6.07) is 0. The first kappa shape index (κ1) is 12.9. The quantitative estimate of drug-likeness (QED) is 0.561. The minimum absolute atomic E-state index is 0.157.